The van der Waals surface area contributed by atoms with Gasteiger partial charge in [0, 0.05) is 36.7 Å². The van der Waals surface area contributed by atoms with Gasteiger partial charge >= 0.3 is 0 Å². The highest BCUT2D eigenvalue weighted by molar-refractivity contribution is 8.00. The summed E-state index contributed by atoms with van der Waals surface area (Å²) in [6.45, 7) is 8.23. The lowest BCUT2D eigenvalue weighted by atomic mass is 10.2. The summed E-state index contributed by atoms with van der Waals surface area (Å²) in [6, 6.07) is 0. The van der Waals surface area contributed by atoms with Crippen LogP contribution in [-0.4, -0.2) is 60.2 Å². The number of nitrogens with one attached hydrogen (secondary N) is 1. The lowest BCUT2D eigenvalue weighted by Crippen LogP contribution is -2.53. The Balaban J connectivity index is 1.92. The fourth-order valence-electron chi connectivity index (χ4n) is 2.29. The zero-order chi connectivity index (χ0) is 11.5. The van der Waals surface area contributed by atoms with Crippen molar-refractivity contribution < 1.29 is 9.53 Å². The highest BCUT2D eigenvalue weighted by Gasteiger charge is 2.31. The van der Waals surface area contributed by atoms with Gasteiger partial charge in [0.1, 0.15) is 6.10 Å². The van der Waals surface area contributed by atoms with Crippen LogP contribution in [0.4, 0.5) is 0 Å². The van der Waals surface area contributed by atoms with Gasteiger partial charge in [-0.2, -0.15) is 11.8 Å². The molecule has 3 atom stereocenters. The van der Waals surface area contributed by atoms with Crippen LogP contribution in [-0.2, 0) is 9.53 Å². The van der Waals surface area contributed by atoms with Crippen molar-refractivity contribution in [2.45, 2.75) is 30.5 Å². The Labute approximate surface area is 101 Å². The van der Waals surface area contributed by atoms with Crippen molar-refractivity contribution in [3.8, 4) is 0 Å². The summed E-state index contributed by atoms with van der Waals surface area (Å²) in [5.74, 6) is 0.159. The minimum atomic E-state index is -0.267. The summed E-state index contributed by atoms with van der Waals surface area (Å²) in [6.07, 6.45) is -0.267. The molecule has 2 heterocycles. The number of hydrogen-bond acceptors (Lipinski definition) is 4. The largest absolute Gasteiger partial charge is 0.366 e. The summed E-state index contributed by atoms with van der Waals surface area (Å²) in [5, 5.41) is 4.26. The van der Waals surface area contributed by atoms with Crippen LogP contribution >= 0.6 is 11.8 Å². The third-order valence-corrected chi connectivity index (χ3v) is 4.16. The molecule has 1 N–H and O–H groups in total. The molecule has 0 aromatic rings. The summed E-state index contributed by atoms with van der Waals surface area (Å²) in [4.78, 5) is 14.2. The number of amides is 1. The third-order valence-electron chi connectivity index (χ3n) is 2.93. The first-order chi connectivity index (χ1) is 7.66. The molecular weight excluding hydrogens is 224 g/mol. The number of morpholine rings is 1. The first-order valence-electron chi connectivity index (χ1n) is 5.93. The molecule has 2 saturated heterocycles. The SMILES string of the molecule is CC1CN(C(=O)C2CNCCO2)CC(C)S1. The number of thioether (sulfide) groups is 1. The van der Waals surface area contributed by atoms with Gasteiger partial charge in [-0.1, -0.05) is 13.8 Å². The number of ether oxygens (including phenoxy) is 1. The molecule has 2 fully saturated rings. The molecule has 0 bridgehead atoms. The second-order valence-corrected chi connectivity index (χ2v) is 6.45. The Bertz CT molecular complexity index is 246. The summed E-state index contributed by atoms with van der Waals surface area (Å²) in [7, 11) is 0. The highest BCUT2D eigenvalue weighted by atomic mass is 32.2. The van der Waals surface area contributed by atoms with Gasteiger partial charge in [-0.05, 0) is 0 Å². The molecule has 0 radical (unpaired) electrons. The van der Waals surface area contributed by atoms with Gasteiger partial charge in [0.25, 0.3) is 5.91 Å². The average Bonchev–Trinajstić information content (AvgIpc) is 2.28. The van der Waals surface area contributed by atoms with Crippen LogP contribution in [0.25, 0.3) is 0 Å². The Kier molecular flexibility index (Phi) is 4.10. The van der Waals surface area contributed by atoms with E-state index < -0.39 is 0 Å². The number of hydrogen-bond donors (Lipinski definition) is 1. The van der Waals surface area contributed by atoms with E-state index in [4.69, 9.17) is 4.74 Å². The predicted octanol–water partition coefficient (Wildman–Crippen LogP) is 0.327. The third kappa shape index (κ3) is 2.90. The van der Waals surface area contributed by atoms with Gasteiger partial charge in [0.2, 0.25) is 0 Å². The molecule has 0 aromatic heterocycles. The topological polar surface area (TPSA) is 41.6 Å². The lowest BCUT2D eigenvalue weighted by Gasteiger charge is -2.37. The Morgan fingerprint density at radius 3 is 2.62 bits per heavy atom. The van der Waals surface area contributed by atoms with Crippen LogP contribution in [0.2, 0.25) is 0 Å². The molecule has 92 valence electrons. The Morgan fingerprint density at radius 2 is 2.06 bits per heavy atom. The maximum absolute atomic E-state index is 12.2. The second kappa shape index (κ2) is 5.38. The molecule has 16 heavy (non-hydrogen) atoms. The van der Waals surface area contributed by atoms with Crippen molar-refractivity contribution in [3.63, 3.8) is 0 Å². The van der Waals surface area contributed by atoms with Crippen molar-refractivity contribution in [1.82, 2.24) is 10.2 Å². The van der Waals surface area contributed by atoms with E-state index in [2.05, 4.69) is 19.2 Å². The minimum absolute atomic E-state index is 0.159. The van der Waals surface area contributed by atoms with Crippen molar-refractivity contribution >= 4 is 17.7 Å². The van der Waals surface area contributed by atoms with Gasteiger partial charge in [-0.25, -0.2) is 0 Å². The Hall–Kier alpha value is -0.260. The van der Waals surface area contributed by atoms with Crippen molar-refractivity contribution in [2.75, 3.05) is 32.8 Å². The fourth-order valence-corrected chi connectivity index (χ4v) is 3.61. The molecule has 2 rings (SSSR count). The van der Waals surface area contributed by atoms with E-state index in [0.29, 0.717) is 23.7 Å². The van der Waals surface area contributed by atoms with Crippen molar-refractivity contribution in [2.24, 2.45) is 0 Å². The second-order valence-electron chi connectivity index (χ2n) is 4.56. The van der Waals surface area contributed by atoms with Gasteiger partial charge in [-0.3, -0.25) is 4.79 Å². The van der Waals surface area contributed by atoms with Crippen molar-refractivity contribution in [1.29, 1.82) is 0 Å². The highest BCUT2D eigenvalue weighted by Crippen LogP contribution is 2.25. The normalized spacial score (nSPS) is 36.1. The minimum Gasteiger partial charge on any atom is -0.366 e. The molecule has 0 aliphatic carbocycles. The van der Waals surface area contributed by atoms with Crippen LogP contribution in [0.3, 0.4) is 0 Å². The van der Waals surface area contributed by atoms with Crippen LogP contribution in [0, 0.1) is 0 Å². The molecule has 0 aromatic carbocycles. The van der Waals surface area contributed by atoms with Gasteiger partial charge in [0.05, 0.1) is 6.61 Å². The quantitative estimate of drug-likeness (QED) is 0.721. The first kappa shape index (κ1) is 12.2. The van der Waals surface area contributed by atoms with Gasteiger partial charge in [0.15, 0.2) is 0 Å². The van der Waals surface area contributed by atoms with Crippen LogP contribution in [0.1, 0.15) is 13.8 Å². The average molecular weight is 244 g/mol. The number of nitrogens with zero attached hydrogens (tertiary/aromatic N) is 1. The predicted molar refractivity (Wildman–Crippen MR) is 65.7 cm³/mol. The molecule has 2 aliphatic rings. The summed E-state index contributed by atoms with van der Waals surface area (Å²) < 4.78 is 5.50. The van der Waals surface area contributed by atoms with Crippen LogP contribution in [0.15, 0.2) is 0 Å². The molecule has 0 spiro atoms. The van der Waals surface area contributed by atoms with E-state index in [1.807, 2.05) is 16.7 Å². The monoisotopic (exact) mass is 244 g/mol. The molecular formula is C11H20N2O2S. The van der Waals surface area contributed by atoms with E-state index in [1.165, 1.54) is 0 Å². The van der Waals surface area contributed by atoms with E-state index in [9.17, 15) is 4.79 Å². The number of carbonyl (C=O) groups excluding carboxylic acids is 1. The van der Waals surface area contributed by atoms with Crippen molar-refractivity contribution in [3.05, 3.63) is 0 Å². The Morgan fingerprint density at radius 1 is 1.38 bits per heavy atom. The molecule has 2 aliphatic heterocycles. The molecule has 5 heteroatoms. The zero-order valence-electron chi connectivity index (χ0n) is 9.94. The summed E-state index contributed by atoms with van der Waals surface area (Å²) >= 11 is 1.96. The van der Waals surface area contributed by atoms with E-state index >= 15 is 0 Å². The van der Waals surface area contributed by atoms with Gasteiger partial charge in [-0.15, -0.1) is 0 Å². The zero-order valence-corrected chi connectivity index (χ0v) is 10.8. The van der Waals surface area contributed by atoms with E-state index in [1.54, 1.807) is 0 Å². The molecule has 0 saturated carbocycles. The van der Waals surface area contributed by atoms with E-state index in [0.717, 1.165) is 19.6 Å². The van der Waals surface area contributed by atoms with Crippen LogP contribution < -0.4 is 5.32 Å². The smallest absolute Gasteiger partial charge is 0.253 e. The maximum atomic E-state index is 12.2. The molecule has 4 nitrogen and oxygen atoms in total. The fraction of sp³-hybridized carbons (Fsp3) is 0.909. The number of rotatable bonds is 1. The van der Waals surface area contributed by atoms with Gasteiger partial charge < -0.3 is 15.0 Å². The van der Waals surface area contributed by atoms with E-state index in [-0.39, 0.29) is 12.0 Å². The lowest BCUT2D eigenvalue weighted by molar-refractivity contribution is -0.145. The molecule has 1 amide bonds. The molecule has 3 unspecified atom stereocenters. The first-order valence-corrected chi connectivity index (χ1v) is 6.87. The van der Waals surface area contributed by atoms with Crippen LogP contribution in [0.5, 0.6) is 0 Å². The standard InChI is InChI=1S/C11H20N2O2S/c1-8-6-13(7-9(2)16-8)11(14)10-5-12-3-4-15-10/h8-10,12H,3-7H2,1-2H3. The summed E-state index contributed by atoms with van der Waals surface area (Å²) in [5.41, 5.74) is 0. The number of carbonyl (C=O) groups is 1. The maximum Gasteiger partial charge on any atom is 0.253 e.